The Kier molecular flexibility index (Phi) is 4.87. The van der Waals surface area contributed by atoms with Gasteiger partial charge in [-0.25, -0.2) is 13.1 Å². The molecule has 2 aromatic rings. The summed E-state index contributed by atoms with van der Waals surface area (Å²) in [5, 5.41) is 6.62. The minimum Gasteiger partial charge on any atom is -0.496 e. The van der Waals surface area contributed by atoms with Gasteiger partial charge >= 0.3 is 0 Å². The van der Waals surface area contributed by atoms with Crippen molar-refractivity contribution in [2.75, 3.05) is 7.11 Å². The van der Waals surface area contributed by atoms with Gasteiger partial charge < -0.3 is 4.74 Å². The van der Waals surface area contributed by atoms with Crippen LogP contribution >= 0.6 is 0 Å². The molecule has 2 rings (SSSR count). The first-order valence-electron chi connectivity index (χ1n) is 7.06. The van der Waals surface area contributed by atoms with Crippen LogP contribution in [0.1, 0.15) is 29.4 Å². The SMILES string of the molecule is CCc1cc(CNS(=O)(=O)c2c(C)n[nH]c2C)ccc1OC. The number of methoxy groups -OCH3 is 1. The van der Waals surface area contributed by atoms with Gasteiger partial charge in [0.05, 0.1) is 18.5 Å². The van der Waals surface area contributed by atoms with Crippen LogP contribution in [0.4, 0.5) is 0 Å². The van der Waals surface area contributed by atoms with Crippen LogP contribution in [0.15, 0.2) is 23.1 Å². The summed E-state index contributed by atoms with van der Waals surface area (Å²) in [6, 6.07) is 5.67. The zero-order valence-electron chi connectivity index (χ0n) is 13.2. The number of nitrogens with one attached hydrogen (secondary N) is 2. The molecule has 0 atom stereocenters. The third kappa shape index (κ3) is 3.31. The quantitative estimate of drug-likeness (QED) is 0.852. The molecule has 0 bridgehead atoms. The van der Waals surface area contributed by atoms with Crippen molar-refractivity contribution in [1.29, 1.82) is 0 Å². The van der Waals surface area contributed by atoms with E-state index >= 15 is 0 Å². The second-order valence-electron chi connectivity index (χ2n) is 5.09. The largest absolute Gasteiger partial charge is 0.496 e. The Balaban J connectivity index is 2.19. The Hall–Kier alpha value is -1.86. The molecule has 0 aliphatic carbocycles. The molecule has 1 heterocycles. The number of sulfonamides is 1. The molecule has 22 heavy (non-hydrogen) atoms. The monoisotopic (exact) mass is 323 g/mol. The van der Waals surface area contributed by atoms with Gasteiger partial charge in [0.25, 0.3) is 0 Å². The van der Waals surface area contributed by atoms with Crippen LogP contribution in [0, 0.1) is 13.8 Å². The highest BCUT2D eigenvalue weighted by Gasteiger charge is 2.21. The Labute approximate surface area is 130 Å². The number of ether oxygens (including phenoxy) is 1. The fourth-order valence-corrected chi connectivity index (χ4v) is 3.79. The molecule has 2 N–H and O–H groups in total. The molecule has 6 nitrogen and oxygen atoms in total. The average Bonchev–Trinajstić information content (AvgIpc) is 2.84. The van der Waals surface area contributed by atoms with E-state index in [-0.39, 0.29) is 11.4 Å². The standard InChI is InChI=1S/C15H21N3O3S/c1-5-13-8-12(6-7-14(13)21-4)9-16-22(19,20)15-10(2)17-18-11(15)3/h6-8,16H,5,9H2,1-4H3,(H,17,18). The smallest absolute Gasteiger partial charge is 0.244 e. The van der Waals surface area contributed by atoms with Crippen molar-refractivity contribution in [1.82, 2.24) is 14.9 Å². The normalized spacial score (nSPS) is 11.6. The van der Waals surface area contributed by atoms with Crippen LogP contribution < -0.4 is 9.46 Å². The average molecular weight is 323 g/mol. The molecule has 0 saturated carbocycles. The molecule has 0 fully saturated rings. The number of benzene rings is 1. The van der Waals surface area contributed by atoms with Gasteiger partial charge in [0, 0.05) is 6.54 Å². The van der Waals surface area contributed by atoms with Gasteiger partial charge in [0.1, 0.15) is 10.6 Å². The number of rotatable bonds is 6. The molecule has 0 amide bonds. The topological polar surface area (TPSA) is 84.1 Å². The number of hydrogen-bond donors (Lipinski definition) is 2. The first kappa shape index (κ1) is 16.5. The molecule has 0 saturated heterocycles. The maximum atomic E-state index is 12.4. The van der Waals surface area contributed by atoms with E-state index in [1.54, 1.807) is 21.0 Å². The van der Waals surface area contributed by atoms with E-state index in [1.165, 1.54) is 0 Å². The predicted octanol–water partition coefficient (Wildman–Crippen LogP) is 2.08. The summed E-state index contributed by atoms with van der Waals surface area (Å²) in [6.45, 7) is 5.62. The number of nitrogens with zero attached hydrogens (tertiary/aromatic N) is 1. The third-order valence-corrected chi connectivity index (χ3v) is 5.18. The third-order valence-electron chi connectivity index (χ3n) is 3.52. The van der Waals surface area contributed by atoms with Gasteiger partial charge in [0.15, 0.2) is 0 Å². The van der Waals surface area contributed by atoms with Gasteiger partial charge in [-0.2, -0.15) is 5.10 Å². The second-order valence-corrected chi connectivity index (χ2v) is 6.79. The summed E-state index contributed by atoms with van der Waals surface area (Å²) in [7, 11) is -1.96. The number of aromatic amines is 1. The van der Waals surface area contributed by atoms with Gasteiger partial charge in [-0.05, 0) is 37.5 Å². The lowest BCUT2D eigenvalue weighted by Gasteiger charge is -2.11. The van der Waals surface area contributed by atoms with Gasteiger partial charge in [-0.15, -0.1) is 0 Å². The van der Waals surface area contributed by atoms with E-state index in [0.29, 0.717) is 11.4 Å². The Bertz CT molecular complexity index is 747. The number of aromatic nitrogens is 2. The van der Waals surface area contributed by atoms with Gasteiger partial charge in [-0.1, -0.05) is 19.1 Å². The molecule has 7 heteroatoms. The Morgan fingerprint density at radius 2 is 2.05 bits per heavy atom. The lowest BCUT2D eigenvalue weighted by molar-refractivity contribution is 0.410. The summed E-state index contributed by atoms with van der Waals surface area (Å²) in [6.07, 6.45) is 0.823. The van der Waals surface area contributed by atoms with E-state index in [4.69, 9.17) is 4.74 Å². The maximum absolute atomic E-state index is 12.4. The van der Waals surface area contributed by atoms with Gasteiger partial charge in [-0.3, -0.25) is 5.10 Å². The van der Waals surface area contributed by atoms with Crippen molar-refractivity contribution in [2.45, 2.75) is 38.6 Å². The van der Waals surface area contributed by atoms with Crippen molar-refractivity contribution >= 4 is 10.0 Å². The van der Waals surface area contributed by atoms with Crippen LogP contribution in [0.2, 0.25) is 0 Å². The lowest BCUT2D eigenvalue weighted by Crippen LogP contribution is -2.24. The van der Waals surface area contributed by atoms with Crippen molar-refractivity contribution in [2.24, 2.45) is 0 Å². The molecule has 1 aromatic carbocycles. The molecule has 120 valence electrons. The molecule has 0 unspecified atom stereocenters. The van der Waals surface area contributed by atoms with Crippen LogP contribution in [-0.4, -0.2) is 25.7 Å². The van der Waals surface area contributed by atoms with E-state index < -0.39 is 10.0 Å². The Morgan fingerprint density at radius 1 is 1.32 bits per heavy atom. The highest BCUT2D eigenvalue weighted by atomic mass is 32.2. The molecule has 0 spiro atoms. The van der Waals surface area contributed by atoms with Crippen molar-refractivity contribution < 1.29 is 13.2 Å². The van der Waals surface area contributed by atoms with E-state index in [9.17, 15) is 8.42 Å². The van der Waals surface area contributed by atoms with Crippen LogP contribution in [-0.2, 0) is 23.0 Å². The van der Waals surface area contributed by atoms with E-state index in [0.717, 1.165) is 23.3 Å². The first-order valence-corrected chi connectivity index (χ1v) is 8.54. The van der Waals surface area contributed by atoms with Crippen LogP contribution in [0.5, 0.6) is 5.75 Å². The summed E-state index contributed by atoms with van der Waals surface area (Å²) < 4.78 is 32.7. The van der Waals surface area contributed by atoms with E-state index in [1.807, 2.05) is 25.1 Å². The lowest BCUT2D eigenvalue weighted by atomic mass is 10.1. The minimum absolute atomic E-state index is 0.219. The second kappa shape index (κ2) is 6.50. The minimum atomic E-state index is -3.59. The number of hydrogen-bond acceptors (Lipinski definition) is 4. The summed E-state index contributed by atoms with van der Waals surface area (Å²) in [5.74, 6) is 0.815. The van der Waals surface area contributed by atoms with Crippen molar-refractivity contribution in [3.8, 4) is 5.75 Å². The zero-order valence-corrected chi connectivity index (χ0v) is 14.0. The Morgan fingerprint density at radius 3 is 2.59 bits per heavy atom. The molecule has 0 radical (unpaired) electrons. The molecular weight excluding hydrogens is 302 g/mol. The van der Waals surface area contributed by atoms with Crippen molar-refractivity contribution in [3.05, 3.63) is 40.7 Å². The number of aryl methyl sites for hydroxylation is 3. The summed E-state index contributed by atoms with van der Waals surface area (Å²) >= 11 is 0. The van der Waals surface area contributed by atoms with E-state index in [2.05, 4.69) is 14.9 Å². The first-order chi connectivity index (χ1) is 10.4. The summed E-state index contributed by atoms with van der Waals surface area (Å²) in [5.41, 5.74) is 2.94. The summed E-state index contributed by atoms with van der Waals surface area (Å²) in [4.78, 5) is 0.219. The van der Waals surface area contributed by atoms with Gasteiger partial charge in [0.2, 0.25) is 10.0 Å². The molecule has 0 aliphatic rings. The van der Waals surface area contributed by atoms with Crippen molar-refractivity contribution in [3.63, 3.8) is 0 Å². The van der Waals surface area contributed by atoms with Crippen LogP contribution in [0.25, 0.3) is 0 Å². The maximum Gasteiger partial charge on any atom is 0.244 e. The molecule has 1 aromatic heterocycles. The zero-order chi connectivity index (χ0) is 16.3. The highest BCUT2D eigenvalue weighted by Crippen LogP contribution is 2.21. The molecule has 0 aliphatic heterocycles. The predicted molar refractivity (Wildman–Crippen MR) is 84.5 cm³/mol. The number of H-pyrrole nitrogens is 1. The highest BCUT2D eigenvalue weighted by molar-refractivity contribution is 7.89. The fraction of sp³-hybridized carbons (Fsp3) is 0.400. The fourth-order valence-electron chi connectivity index (χ4n) is 2.41. The molecular formula is C15H21N3O3S. The van der Waals surface area contributed by atoms with Crippen LogP contribution in [0.3, 0.4) is 0 Å².